The lowest BCUT2D eigenvalue weighted by atomic mass is 9.98. The fourth-order valence-electron chi connectivity index (χ4n) is 8.43. The first kappa shape index (κ1) is 49.5. The number of amides is 2. The second-order valence-electron chi connectivity index (χ2n) is 17.5. The van der Waals surface area contributed by atoms with Crippen molar-refractivity contribution in [2.45, 2.75) is 161 Å². The van der Waals surface area contributed by atoms with Crippen LogP contribution >= 0.6 is 0 Å². The monoisotopic (exact) mass is 861 g/mol. The minimum atomic E-state index is -0.532. The van der Waals surface area contributed by atoms with Crippen LogP contribution in [-0.4, -0.2) is 47.6 Å². The molecule has 0 spiro atoms. The Morgan fingerprint density at radius 1 is 0.651 bits per heavy atom. The van der Waals surface area contributed by atoms with Crippen molar-refractivity contribution in [3.8, 4) is 11.1 Å². The summed E-state index contributed by atoms with van der Waals surface area (Å²) in [6.45, 7) is 8.08. The molecule has 9 heteroatoms. The highest BCUT2D eigenvalue weighted by Gasteiger charge is 2.33. The number of hydrogen-bond acceptors (Lipinski definition) is 7. The van der Waals surface area contributed by atoms with Crippen LogP contribution in [0.4, 0.5) is 11.4 Å². The minimum Gasteiger partial charge on any atom is -0.397 e. The number of aliphatic hydroxyl groups is 1. The molecule has 0 radical (unpaired) electrons. The largest absolute Gasteiger partial charge is 0.397 e. The Bertz CT molecular complexity index is 1900. The summed E-state index contributed by atoms with van der Waals surface area (Å²) in [6.07, 6.45) is 18.6. The fraction of sp³-hybridized carbons (Fsp3) is 0.519. The molecule has 4 aromatic carbocycles. The third-order valence-electron chi connectivity index (χ3n) is 12.2. The van der Waals surface area contributed by atoms with E-state index in [1.807, 2.05) is 36.4 Å². The SMILES string of the molecule is CCCCCCCCN(CCCCCCCC)C[C@@H]1C[C@H](c2ccc(CO)cc2)O[C@H](c2cccc(-c3cccc(CNC(=O)CCCCCC(=O)Nc4ccccc4N)c3)c2)O1. The van der Waals surface area contributed by atoms with Gasteiger partial charge in [0.05, 0.1) is 30.2 Å². The summed E-state index contributed by atoms with van der Waals surface area (Å²) in [5, 5.41) is 15.7. The fourth-order valence-corrected chi connectivity index (χ4v) is 8.43. The number of nitrogens with one attached hydrogen (secondary N) is 2. The summed E-state index contributed by atoms with van der Waals surface area (Å²) in [5.74, 6) is -0.0669. The van der Waals surface area contributed by atoms with E-state index in [4.69, 9.17) is 15.2 Å². The van der Waals surface area contributed by atoms with E-state index in [2.05, 4.69) is 77.9 Å². The molecule has 0 unspecified atom stereocenters. The molecular formula is C54H76N4O5. The van der Waals surface area contributed by atoms with Crippen molar-refractivity contribution >= 4 is 23.2 Å². The van der Waals surface area contributed by atoms with Gasteiger partial charge in [-0.15, -0.1) is 0 Å². The zero-order chi connectivity index (χ0) is 44.5. The van der Waals surface area contributed by atoms with Gasteiger partial charge in [0.2, 0.25) is 11.8 Å². The quantitative estimate of drug-likeness (QED) is 0.0316. The van der Waals surface area contributed by atoms with Gasteiger partial charge in [-0.2, -0.15) is 0 Å². The number of rotatable bonds is 29. The average molecular weight is 861 g/mol. The standard InChI is InChI=1S/C54H76N4O5/c1-3-5-7-9-11-18-34-58(35-19-12-10-8-6-4-2)40-48-38-51(44-32-30-42(41-59)31-33-44)63-54(62-48)47-25-21-24-46(37-47)45-23-20-22-43(36-45)39-56-52(60)28-14-13-15-29-53(61)57-50-27-17-16-26-49(50)55/h16-17,20-27,30-33,36-37,48,51,54,59H,3-15,18-19,28-29,34-35,38-41,55H2,1-2H3,(H,56,60)(H,57,61)/t48-,51+,54+/m0/s1. The van der Waals surface area contributed by atoms with Gasteiger partial charge in [0, 0.05) is 37.9 Å². The summed E-state index contributed by atoms with van der Waals surface area (Å²) >= 11 is 0. The van der Waals surface area contributed by atoms with Crippen molar-refractivity contribution in [2.75, 3.05) is 30.7 Å². The Hall–Kier alpha value is -4.54. The zero-order valence-electron chi connectivity index (χ0n) is 38.3. The van der Waals surface area contributed by atoms with Gasteiger partial charge >= 0.3 is 0 Å². The summed E-state index contributed by atoms with van der Waals surface area (Å²) < 4.78 is 13.7. The van der Waals surface area contributed by atoms with Crippen LogP contribution in [0.25, 0.3) is 11.1 Å². The topological polar surface area (TPSA) is 126 Å². The predicted molar refractivity (Wildman–Crippen MR) is 258 cm³/mol. The van der Waals surface area contributed by atoms with E-state index in [9.17, 15) is 14.7 Å². The molecule has 0 aliphatic carbocycles. The molecule has 9 nitrogen and oxygen atoms in total. The lowest BCUT2D eigenvalue weighted by molar-refractivity contribution is -0.253. The Balaban J connectivity index is 1.18. The number of para-hydroxylation sites is 2. The summed E-state index contributed by atoms with van der Waals surface area (Å²) in [7, 11) is 0. The highest BCUT2D eigenvalue weighted by Crippen LogP contribution is 2.39. The normalized spacial score (nSPS) is 16.3. The van der Waals surface area contributed by atoms with Crippen molar-refractivity contribution in [1.29, 1.82) is 0 Å². The molecule has 0 bridgehead atoms. The molecule has 3 atom stereocenters. The number of aliphatic hydroxyl groups excluding tert-OH is 1. The van der Waals surface area contributed by atoms with Crippen LogP contribution in [0.15, 0.2) is 97.1 Å². The summed E-state index contributed by atoms with van der Waals surface area (Å²) in [6, 6.07) is 32.2. The Morgan fingerprint density at radius 2 is 1.27 bits per heavy atom. The average Bonchev–Trinajstić information content (AvgIpc) is 3.31. The number of carbonyl (C=O) groups excluding carboxylic acids is 2. The van der Waals surface area contributed by atoms with Crippen LogP contribution in [0.3, 0.4) is 0 Å². The molecule has 342 valence electrons. The highest BCUT2D eigenvalue weighted by atomic mass is 16.7. The summed E-state index contributed by atoms with van der Waals surface area (Å²) in [4.78, 5) is 27.8. The maximum absolute atomic E-state index is 12.8. The maximum atomic E-state index is 12.8. The van der Waals surface area contributed by atoms with Crippen LogP contribution in [0, 0.1) is 0 Å². The summed E-state index contributed by atoms with van der Waals surface area (Å²) in [5.41, 5.74) is 13.2. The van der Waals surface area contributed by atoms with Gasteiger partial charge in [-0.05, 0) is 90.9 Å². The number of ether oxygens (including phenoxy) is 2. The maximum Gasteiger partial charge on any atom is 0.224 e. The number of nitrogens with two attached hydrogens (primary N) is 1. The van der Waals surface area contributed by atoms with Crippen molar-refractivity contribution < 1.29 is 24.2 Å². The van der Waals surface area contributed by atoms with E-state index in [0.717, 1.165) is 72.3 Å². The highest BCUT2D eigenvalue weighted by molar-refractivity contribution is 5.93. The number of unbranched alkanes of at least 4 members (excludes halogenated alkanes) is 12. The van der Waals surface area contributed by atoms with E-state index >= 15 is 0 Å². The zero-order valence-corrected chi connectivity index (χ0v) is 38.3. The van der Waals surface area contributed by atoms with E-state index in [1.54, 1.807) is 12.1 Å². The number of nitrogen functional groups attached to an aromatic ring is 1. The molecule has 1 aliphatic heterocycles. The molecule has 0 aromatic heterocycles. The van der Waals surface area contributed by atoms with Crippen molar-refractivity contribution in [2.24, 2.45) is 0 Å². The molecule has 63 heavy (non-hydrogen) atoms. The Labute approximate surface area is 378 Å². The van der Waals surface area contributed by atoms with Gasteiger partial charge in [-0.3, -0.25) is 9.59 Å². The second-order valence-corrected chi connectivity index (χ2v) is 17.5. The van der Waals surface area contributed by atoms with E-state index in [-0.39, 0.29) is 30.6 Å². The molecule has 0 saturated carbocycles. The molecule has 2 amide bonds. The van der Waals surface area contributed by atoms with Crippen LogP contribution in [-0.2, 0) is 32.2 Å². The molecule has 4 aromatic rings. The molecule has 5 rings (SSSR count). The number of carbonyl (C=O) groups is 2. The van der Waals surface area contributed by atoms with Gasteiger partial charge in [-0.1, -0.05) is 157 Å². The number of hydrogen-bond donors (Lipinski definition) is 4. The first-order chi connectivity index (χ1) is 30.8. The molecule has 1 heterocycles. The van der Waals surface area contributed by atoms with Crippen molar-refractivity contribution in [3.63, 3.8) is 0 Å². The van der Waals surface area contributed by atoms with Crippen molar-refractivity contribution in [3.05, 3.63) is 119 Å². The molecular weight excluding hydrogens is 785 g/mol. The van der Waals surface area contributed by atoms with E-state index in [1.165, 1.54) is 77.0 Å². The van der Waals surface area contributed by atoms with Gasteiger partial charge in [0.25, 0.3) is 0 Å². The smallest absolute Gasteiger partial charge is 0.224 e. The van der Waals surface area contributed by atoms with Gasteiger partial charge < -0.3 is 35.8 Å². The second kappa shape index (κ2) is 28.3. The predicted octanol–water partition coefficient (Wildman–Crippen LogP) is 12.2. The third kappa shape index (κ3) is 17.9. The molecule has 1 saturated heterocycles. The molecule has 1 aliphatic rings. The van der Waals surface area contributed by atoms with Gasteiger partial charge in [-0.25, -0.2) is 0 Å². The van der Waals surface area contributed by atoms with Crippen molar-refractivity contribution in [1.82, 2.24) is 10.2 Å². The number of nitrogens with zero attached hydrogens (tertiary/aromatic N) is 1. The van der Waals surface area contributed by atoms with Crippen LogP contribution in [0.5, 0.6) is 0 Å². The minimum absolute atomic E-state index is 0.000973. The van der Waals surface area contributed by atoms with Gasteiger partial charge in [0.1, 0.15) is 0 Å². The van der Waals surface area contributed by atoms with Crippen LogP contribution < -0.4 is 16.4 Å². The van der Waals surface area contributed by atoms with E-state index < -0.39 is 6.29 Å². The molecule has 5 N–H and O–H groups in total. The Morgan fingerprint density at radius 3 is 1.95 bits per heavy atom. The van der Waals surface area contributed by atoms with Gasteiger partial charge in [0.15, 0.2) is 6.29 Å². The lowest BCUT2D eigenvalue weighted by Gasteiger charge is -2.38. The first-order valence-electron chi connectivity index (χ1n) is 24.2. The number of anilines is 2. The Kier molecular flexibility index (Phi) is 22.2. The number of benzene rings is 4. The first-order valence-corrected chi connectivity index (χ1v) is 24.2. The molecule has 1 fully saturated rings. The lowest BCUT2D eigenvalue weighted by Crippen LogP contribution is -2.40. The third-order valence-corrected chi connectivity index (χ3v) is 12.2. The van der Waals surface area contributed by atoms with E-state index in [0.29, 0.717) is 37.2 Å². The van der Waals surface area contributed by atoms with Crippen LogP contribution in [0.1, 0.15) is 164 Å². The van der Waals surface area contributed by atoms with Crippen LogP contribution in [0.2, 0.25) is 0 Å².